The third-order valence-corrected chi connectivity index (χ3v) is 2.71. The van der Waals surface area contributed by atoms with E-state index in [1.165, 1.54) is 7.11 Å². The quantitative estimate of drug-likeness (QED) is 0.533. The van der Waals surface area contributed by atoms with Crippen LogP contribution in [0.25, 0.3) is 0 Å². The van der Waals surface area contributed by atoms with Gasteiger partial charge >= 0.3 is 6.09 Å². The average Bonchev–Trinajstić information content (AvgIpc) is 2.34. The van der Waals surface area contributed by atoms with Crippen LogP contribution in [0.1, 0.15) is 6.92 Å². The number of nitrogens with zero attached hydrogens (tertiary/aromatic N) is 1. The van der Waals surface area contributed by atoms with E-state index in [0.717, 1.165) is 11.6 Å². The van der Waals surface area contributed by atoms with Gasteiger partial charge in [-0.3, -0.25) is 4.90 Å². The third-order valence-electron chi connectivity index (χ3n) is 1.53. The molecule has 10 heavy (non-hydrogen) atoms. The van der Waals surface area contributed by atoms with E-state index in [-0.39, 0.29) is 6.09 Å². The van der Waals surface area contributed by atoms with Crippen molar-refractivity contribution in [2.75, 3.05) is 18.7 Å². The maximum atomic E-state index is 10.9. The van der Waals surface area contributed by atoms with Crippen molar-refractivity contribution in [3.63, 3.8) is 0 Å². The highest BCUT2D eigenvalue weighted by atomic mass is 32.2. The topological polar surface area (TPSA) is 29.5 Å². The minimum Gasteiger partial charge on any atom is -0.453 e. The Balaban J connectivity index is 2.46. The van der Waals surface area contributed by atoms with Crippen LogP contribution in [0, 0.1) is 0 Å². The van der Waals surface area contributed by atoms with Gasteiger partial charge in [0.25, 0.3) is 0 Å². The van der Waals surface area contributed by atoms with Crippen molar-refractivity contribution >= 4 is 17.9 Å². The predicted octanol–water partition coefficient (Wildman–Crippen LogP) is 1.15. The van der Waals surface area contributed by atoms with Crippen LogP contribution in [-0.2, 0) is 4.74 Å². The van der Waals surface area contributed by atoms with Crippen molar-refractivity contribution in [1.29, 1.82) is 0 Å². The summed E-state index contributed by atoms with van der Waals surface area (Å²) in [7, 11) is 1.41. The number of thioether (sulfide) groups is 1. The van der Waals surface area contributed by atoms with Crippen molar-refractivity contribution in [3.8, 4) is 0 Å². The van der Waals surface area contributed by atoms with Gasteiger partial charge in [-0.25, -0.2) is 4.79 Å². The molecule has 4 heteroatoms. The van der Waals surface area contributed by atoms with Crippen molar-refractivity contribution in [2.45, 2.75) is 13.0 Å². The Morgan fingerprint density at radius 1 is 1.80 bits per heavy atom. The highest BCUT2D eigenvalue weighted by molar-refractivity contribution is 7.99. The molecule has 1 amide bonds. The molecular formula is C6H11NO2S. The van der Waals surface area contributed by atoms with Gasteiger partial charge in [-0.2, -0.15) is 0 Å². The summed E-state index contributed by atoms with van der Waals surface area (Å²) in [6, 6.07) is 0.331. The van der Waals surface area contributed by atoms with Gasteiger partial charge in [-0.1, -0.05) is 0 Å². The molecule has 58 valence electrons. The maximum Gasteiger partial charge on any atom is 0.410 e. The van der Waals surface area contributed by atoms with E-state index in [4.69, 9.17) is 0 Å². The van der Waals surface area contributed by atoms with Crippen LogP contribution in [0.3, 0.4) is 0 Å². The summed E-state index contributed by atoms with van der Waals surface area (Å²) in [5.74, 6) is 1.79. The molecule has 0 aromatic carbocycles. The number of ether oxygens (including phenoxy) is 1. The second-order valence-electron chi connectivity index (χ2n) is 2.29. The molecule has 0 spiro atoms. The number of carbonyl (C=O) groups is 1. The molecule has 0 N–H and O–H groups in total. The fourth-order valence-electron chi connectivity index (χ4n) is 0.889. The van der Waals surface area contributed by atoms with Crippen LogP contribution in [0.2, 0.25) is 0 Å². The summed E-state index contributed by atoms with van der Waals surface area (Å²) in [4.78, 5) is 12.6. The number of hydrogen-bond donors (Lipinski definition) is 0. The van der Waals surface area contributed by atoms with E-state index in [1.54, 1.807) is 16.7 Å². The van der Waals surface area contributed by atoms with Gasteiger partial charge in [0.2, 0.25) is 0 Å². The monoisotopic (exact) mass is 161 g/mol. The number of rotatable bonds is 0. The normalized spacial score (nSPS) is 25.0. The van der Waals surface area contributed by atoms with Crippen LogP contribution in [0.5, 0.6) is 0 Å². The van der Waals surface area contributed by atoms with Crippen LogP contribution in [-0.4, -0.2) is 35.8 Å². The molecule has 0 bridgehead atoms. The molecule has 1 unspecified atom stereocenters. The maximum absolute atomic E-state index is 10.9. The van der Waals surface area contributed by atoms with Crippen molar-refractivity contribution in [2.24, 2.45) is 0 Å². The largest absolute Gasteiger partial charge is 0.453 e. The second kappa shape index (κ2) is 3.14. The molecule has 0 aliphatic carbocycles. The Morgan fingerprint density at radius 2 is 2.50 bits per heavy atom. The molecule has 0 aromatic heterocycles. The number of carbonyl (C=O) groups excluding carboxylic acids is 1. The number of hydrogen-bond acceptors (Lipinski definition) is 3. The van der Waals surface area contributed by atoms with E-state index < -0.39 is 0 Å². The summed E-state index contributed by atoms with van der Waals surface area (Å²) in [6.07, 6.45) is -0.211. The molecular weight excluding hydrogens is 150 g/mol. The van der Waals surface area contributed by atoms with Gasteiger partial charge in [0.05, 0.1) is 13.0 Å². The molecule has 1 aliphatic heterocycles. The minimum atomic E-state index is -0.211. The fourth-order valence-corrected chi connectivity index (χ4v) is 2.07. The Kier molecular flexibility index (Phi) is 2.43. The molecule has 0 aromatic rings. The van der Waals surface area contributed by atoms with Gasteiger partial charge in [-0.05, 0) is 6.92 Å². The summed E-state index contributed by atoms with van der Waals surface area (Å²) in [6.45, 7) is 2.02. The first-order valence-electron chi connectivity index (χ1n) is 3.18. The van der Waals surface area contributed by atoms with Gasteiger partial charge in [0.1, 0.15) is 0 Å². The SMILES string of the molecule is COC(=O)N1CSCC1C. The summed E-state index contributed by atoms with van der Waals surface area (Å²) >= 11 is 1.76. The van der Waals surface area contributed by atoms with E-state index in [0.29, 0.717) is 6.04 Å². The third kappa shape index (κ3) is 1.37. The zero-order chi connectivity index (χ0) is 7.56. The van der Waals surface area contributed by atoms with Crippen LogP contribution in [0.15, 0.2) is 0 Å². The standard InChI is InChI=1S/C6H11NO2S/c1-5-3-10-4-7(5)6(8)9-2/h5H,3-4H2,1-2H3. The lowest BCUT2D eigenvalue weighted by Crippen LogP contribution is -2.34. The lowest BCUT2D eigenvalue weighted by molar-refractivity contribution is 0.124. The predicted molar refractivity (Wildman–Crippen MR) is 41.0 cm³/mol. The molecule has 0 radical (unpaired) electrons. The highest BCUT2D eigenvalue weighted by Crippen LogP contribution is 2.20. The summed E-state index contributed by atoms with van der Waals surface area (Å²) in [5.41, 5.74) is 0. The first kappa shape index (κ1) is 7.72. The average molecular weight is 161 g/mol. The van der Waals surface area contributed by atoms with Gasteiger partial charge in [-0.15, -0.1) is 11.8 Å². The smallest absolute Gasteiger partial charge is 0.410 e. The van der Waals surface area contributed by atoms with E-state index in [2.05, 4.69) is 4.74 Å². The van der Waals surface area contributed by atoms with E-state index >= 15 is 0 Å². The van der Waals surface area contributed by atoms with Crippen molar-refractivity contribution in [3.05, 3.63) is 0 Å². The minimum absolute atomic E-state index is 0.211. The van der Waals surface area contributed by atoms with Crippen LogP contribution in [0.4, 0.5) is 4.79 Å². The molecule has 1 rings (SSSR count). The van der Waals surface area contributed by atoms with Crippen LogP contribution >= 0.6 is 11.8 Å². The zero-order valence-corrected chi connectivity index (χ0v) is 6.98. The molecule has 1 heterocycles. The Morgan fingerprint density at radius 3 is 2.90 bits per heavy atom. The molecule has 1 atom stereocenters. The van der Waals surface area contributed by atoms with Gasteiger partial charge < -0.3 is 4.74 Å². The first-order chi connectivity index (χ1) is 4.75. The highest BCUT2D eigenvalue weighted by Gasteiger charge is 2.25. The molecule has 1 fully saturated rings. The lowest BCUT2D eigenvalue weighted by Gasteiger charge is -2.17. The number of amides is 1. The second-order valence-corrected chi connectivity index (χ2v) is 3.29. The Bertz CT molecular complexity index is 140. The summed E-state index contributed by atoms with van der Waals surface area (Å²) < 4.78 is 4.58. The molecule has 3 nitrogen and oxygen atoms in total. The van der Waals surface area contributed by atoms with Crippen LogP contribution < -0.4 is 0 Å². The number of methoxy groups -OCH3 is 1. The molecule has 1 saturated heterocycles. The fraction of sp³-hybridized carbons (Fsp3) is 0.833. The summed E-state index contributed by atoms with van der Waals surface area (Å²) in [5, 5.41) is 0. The van der Waals surface area contributed by atoms with E-state index in [1.807, 2.05) is 6.92 Å². The first-order valence-corrected chi connectivity index (χ1v) is 4.33. The van der Waals surface area contributed by atoms with E-state index in [9.17, 15) is 4.79 Å². The molecule has 1 aliphatic rings. The Hall–Kier alpha value is -0.380. The van der Waals surface area contributed by atoms with Crippen molar-refractivity contribution < 1.29 is 9.53 Å². The molecule has 0 saturated carbocycles. The Labute approximate surface area is 64.7 Å². The van der Waals surface area contributed by atoms with Gasteiger partial charge in [0, 0.05) is 11.8 Å². The van der Waals surface area contributed by atoms with Crippen molar-refractivity contribution in [1.82, 2.24) is 4.90 Å². The zero-order valence-electron chi connectivity index (χ0n) is 6.16. The lowest BCUT2D eigenvalue weighted by atomic mass is 10.4. The van der Waals surface area contributed by atoms with Gasteiger partial charge in [0.15, 0.2) is 0 Å².